The summed E-state index contributed by atoms with van der Waals surface area (Å²) >= 11 is 12.1. The van der Waals surface area contributed by atoms with E-state index in [1.54, 1.807) is 32.4 Å². The number of methoxy groups -OCH3 is 2. The second-order valence-electron chi connectivity index (χ2n) is 7.83. The molecule has 3 aromatic carbocycles. The maximum absolute atomic E-state index is 13.0. The van der Waals surface area contributed by atoms with Crippen LogP contribution in [0.15, 0.2) is 66.7 Å². The summed E-state index contributed by atoms with van der Waals surface area (Å²) in [5.74, 6) is 1.97. The van der Waals surface area contributed by atoms with E-state index in [0.29, 0.717) is 28.9 Å². The van der Waals surface area contributed by atoms with Crippen molar-refractivity contribution in [2.45, 2.75) is 13.1 Å². The van der Waals surface area contributed by atoms with Crippen molar-refractivity contribution in [1.29, 1.82) is 0 Å². The number of nitrogens with zero attached hydrogens (tertiary/aromatic N) is 3. The van der Waals surface area contributed by atoms with Crippen LogP contribution in [-0.2, 0) is 13.1 Å². The number of hydrogen-bond donors (Lipinski definition) is 2. The first-order valence-corrected chi connectivity index (χ1v) is 12.0. The van der Waals surface area contributed by atoms with Gasteiger partial charge < -0.3 is 24.8 Å². The molecule has 0 amide bonds. The molecule has 2 N–H and O–H groups in total. The van der Waals surface area contributed by atoms with Gasteiger partial charge in [-0.25, -0.2) is 0 Å². The molecule has 192 valence electrons. The third-order valence-corrected chi connectivity index (χ3v) is 5.84. The molecule has 4 aromatic rings. The molecule has 0 radical (unpaired) electrons. The van der Waals surface area contributed by atoms with Crippen molar-refractivity contribution in [2.75, 3.05) is 31.5 Å². The van der Waals surface area contributed by atoms with Crippen LogP contribution in [0.4, 0.5) is 11.9 Å². The van der Waals surface area contributed by atoms with Gasteiger partial charge in [0.05, 0.1) is 19.2 Å². The lowest BCUT2D eigenvalue weighted by Crippen LogP contribution is -2.23. The van der Waals surface area contributed by atoms with Gasteiger partial charge in [0.15, 0.2) is 6.61 Å². The molecule has 0 bridgehead atoms. The number of carbonyl (C=O) groups excluding carboxylic acids is 1. The minimum Gasteiger partial charge on any atom is -0.497 e. The molecule has 1 heterocycles. The number of benzene rings is 3. The van der Waals surface area contributed by atoms with Crippen LogP contribution in [0.25, 0.3) is 0 Å². The fraction of sp³-hybridized carbons (Fsp3) is 0.192. The van der Waals surface area contributed by atoms with E-state index in [0.717, 1.165) is 22.6 Å². The third-order valence-electron chi connectivity index (χ3n) is 5.31. The first-order chi connectivity index (χ1) is 17.9. The van der Waals surface area contributed by atoms with E-state index in [1.165, 1.54) is 4.68 Å². The lowest BCUT2D eigenvalue weighted by atomic mass is 10.2. The minimum atomic E-state index is -0.437. The number of ether oxygens (including phenoxy) is 3. The average molecular weight is 542 g/mol. The Morgan fingerprint density at radius 3 is 2.03 bits per heavy atom. The van der Waals surface area contributed by atoms with Crippen molar-refractivity contribution in [1.82, 2.24) is 14.8 Å². The highest BCUT2D eigenvalue weighted by Gasteiger charge is 2.18. The molecule has 0 aliphatic rings. The predicted molar refractivity (Wildman–Crippen MR) is 143 cm³/mol. The van der Waals surface area contributed by atoms with E-state index in [4.69, 9.17) is 37.4 Å². The maximum Gasteiger partial charge on any atom is 0.288 e. The fourth-order valence-electron chi connectivity index (χ4n) is 3.32. The number of halogens is 2. The number of carbonyl (C=O) groups is 1. The maximum atomic E-state index is 13.0. The Balaban J connectivity index is 1.48. The number of anilines is 2. The average Bonchev–Trinajstić information content (AvgIpc) is 3.34. The lowest BCUT2D eigenvalue weighted by molar-refractivity contribution is 0.0824. The van der Waals surface area contributed by atoms with Gasteiger partial charge in [-0.15, -0.1) is 5.10 Å². The zero-order valence-corrected chi connectivity index (χ0v) is 21.7. The molecule has 11 heteroatoms. The van der Waals surface area contributed by atoms with E-state index in [9.17, 15) is 4.79 Å². The Bertz CT molecular complexity index is 1340. The molecule has 0 spiro atoms. The Kier molecular flexibility index (Phi) is 8.71. The Labute approximate surface area is 224 Å². The zero-order chi connectivity index (χ0) is 26.2. The first kappa shape index (κ1) is 26.1. The van der Waals surface area contributed by atoms with Crippen LogP contribution < -0.4 is 24.8 Å². The molecule has 4 rings (SSSR count). The van der Waals surface area contributed by atoms with Crippen molar-refractivity contribution in [3.8, 4) is 17.2 Å². The van der Waals surface area contributed by atoms with Crippen molar-refractivity contribution in [3.05, 3.63) is 87.9 Å². The van der Waals surface area contributed by atoms with Gasteiger partial charge in [0.2, 0.25) is 11.9 Å². The molecule has 0 aliphatic heterocycles. The predicted octanol–water partition coefficient (Wildman–Crippen LogP) is 5.55. The Morgan fingerprint density at radius 1 is 0.865 bits per heavy atom. The van der Waals surface area contributed by atoms with Gasteiger partial charge in [-0.05, 0) is 53.6 Å². The molecule has 0 saturated carbocycles. The van der Waals surface area contributed by atoms with Crippen LogP contribution in [-0.4, -0.2) is 41.5 Å². The van der Waals surface area contributed by atoms with Gasteiger partial charge in [-0.1, -0.05) is 47.5 Å². The van der Waals surface area contributed by atoms with Crippen molar-refractivity contribution >= 4 is 41.0 Å². The highest BCUT2D eigenvalue weighted by atomic mass is 35.5. The van der Waals surface area contributed by atoms with E-state index in [-0.39, 0.29) is 18.5 Å². The highest BCUT2D eigenvalue weighted by Crippen LogP contribution is 2.27. The van der Waals surface area contributed by atoms with Crippen molar-refractivity contribution in [3.63, 3.8) is 0 Å². The van der Waals surface area contributed by atoms with Gasteiger partial charge in [0, 0.05) is 18.1 Å². The van der Waals surface area contributed by atoms with Gasteiger partial charge >= 0.3 is 0 Å². The molecule has 0 aliphatic carbocycles. The monoisotopic (exact) mass is 541 g/mol. The molecule has 0 unspecified atom stereocenters. The van der Waals surface area contributed by atoms with Gasteiger partial charge in [-0.2, -0.15) is 9.67 Å². The summed E-state index contributed by atoms with van der Waals surface area (Å²) in [6.45, 7) is 0.564. The summed E-state index contributed by atoms with van der Waals surface area (Å²) in [4.78, 5) is 17.5. The van der Waals surface area contributed by atoms with Gasteiger partial charge in [0.25, 0.3) is 5.91 Å². The Hall–Kier alpha value is -3.95. The number of rotatable bonds is 11. The van der Waals surface area contributed by atoms with Crippen LogP contribution in [0.3, 0.4) is 0 Å². The van der Waals surface area contributed by atoms with Gasteiger partial charge in [-0.3, -0.25) is 4.79 Å². The van der Waals surface area contributed by atoms with E-state index < -0.39 is 5.91 Å². The number of nitrogens with one attached hydrogen (secondary N) is 2. The molecule has 0 fully saturated rings. The molecule has 1 aromatic heterocycles. The zero-order valence-electron chi connectivity index (χ0n) is 20.2. The van der Waals surface area contributed by atoms with E-state index in [1.807, 2.05) is 48.5 Å². The number of hydrogen-bond acceptors (Lipinski definition) is 8. The van der Waals surface area contributed by atoms with Crippen LogP contribution in [0.2, 0.25) is 10.0 Å². The standard InChI is InChI=1S/C26H25Cl2N5O4/c1-35-20-8-3-17(4-9-20)14-29-25-31-26(30-15-18-5-10-21(36-2)11-6-18)33(32-25)24(34)16-37-23-12-7-19(27)13-22(23)28/h3-13H,14-16H2,1-2H3,(H2,29,30,31,32). The smallest absolute Gasteiger partial charge is 0.288 e. The summed E-state index contributed by atoms with van der Waals surface area (Å²) in [6, 6.07) is 19.9. The second-order valence-corrected chi connectivity index (χ2v) is 8.67. The molecule has 9 nitrogen and oxygen atoms in total. The normalized spacial score (nSPS) is 10.6. The summed E-state index contributed by atoms with van der Waals surface area (Å²) in [5, 5.41) is 11.4. The quantitative estimate of drug-likeness (QED) is 0.255. The lowest BCUT2D eigenvalue weighted by Gasteiger charge is -2.10. The van der Waals surface area contributed by atoms with E-state index >= 15 is 0 Å². The number of aromatic nitrogens is 3. The summed E-state index contributed by atoms with van der Waals surface area (Å²) in [7, 11) is 3.23. The highest BCUT2D eigenvalue weighted by molar-refractivity contribution is 6.35. The van der Waals surface area contributed by atoms with Crippen molar-refractivity contribution < 1.29 is 19.0 Å². The fourth-order valence-corrected chi connectivity index (χ4v) is 3.78. The first-order valence-electron chi connectivity index (χ1n) is 11.3. The van der Waals surface area contributed by atoms with Crippen LogP contribution in [0.5, 0.6) is 17.2 Å². The van der Waals surface area contributed by atoms with Gasteiger partial charge in [0.1, 0.15) is 17.2 Å². The van der Waals surface area contributed by atoms with Crippen molar-refractivity contribution in [2.24, 2.45) is 0 Å². The summed E-state index contributed by atoms with van der Waals surface area (Å²) < 4.78 is 17.2. The molecule has 0 atom stereocenters. The third kappa shape index (κ3) is 7.05. The largest absolute Gasteiger partial charge is 0.497 e. The van der Waals surface area contributed by atoms with Crippen LogP contribution in [0, 0.1) is 0 Å². The van der Waals surface area contributed by atoms with E-state index in [2.05, 4.69) is 20.7 Å². The summed E-state index contributed by atoms with van der Waals surface area (Å²) in [6.07, 6.45) is 0. The van der Waals surface area contributed by atoms with Crippen LogP contribution >= 0.6 is 23.2 Å². The molecule has 0 saturated heterocycles. The molecular formula is C26H25Cl2N5O4. The Morgan fingerprint density at radius 2 is 1.46 bits per heavy atom. The molecule has 37 heavy (non-hydrogen) atoms. The SMILES string of the molecule is COc1ccc(CNc2nc(NCc3ccc(OC)cc3)n(C(=O)COc3ccc(Cl)cc3Cl)n2)cc1. The second kappa shape index (κ2) is 12.3. The van der Waals surface area contributed by atoms with Crippen LogP contribution in [0.1, 0.15) is 15.9 Å². The summed E-state index contributed by atoms with van der Waals surface area (Å²) in [5.41, 5.74) is 1.97. The minimum absolute atomic E-state index is 0.267. The topological polar surface area (TPSA) is 99.5 Å². The molecular weight excluding hydrogens is 517 g/mol.